The van der Waals surface area contributed by atoms with Crippen molar-refractivity contribution in [3.63, 3.8) is 0 Å². The second-order valence-electron chi connectivity index (χ2n) is 7.43. The topological polar surface area (TPSA) is 69.7 Å². The summed E-state index contributed by atoms with van der Waals surface area (Å²) in [5.74, 6) is -1.12. The number of anilines is 2. The summed E-state index contributed by atoms with van der Waals surface area (Å²) in [6.45, 7) is 1.15. The molecule has 29 heavy (non-hydrogen) atoms. The minimum Gasteiger partial charge on any atom is -0.326 e. The van der Waals surface area contributed by atoms with Crippen molar-refractivity contribution in [3.05, 3.63) is 60.4 Å². The van der Waals surface area contributed by atoms with Gasteiger partial charge in [-0.25, -0.2) is 9.29 Å². The van der Waals surface area contributed by atoms with Crippen molar-refractivity contribution in [2.75, 3.05) is 23.3 Å². The van der Waals surface area contributed by atoms with Gasteiger partial charge in [0.25, 0.3) is 5.91 Å². The Bertz CT molecular complexity index is 909. The summed E-state index contributed by atoms with van der Waals surface area (Å²) in [5, 5.41) is 2.93. The quantitative estimate of drug-likeness (QED) is 0.809. The standard InChI is InChI=1S/C22H22FN3O3/c23-16-6-8-18(9-7-16)26-20(27)14-19(22(26)29)25-12-10-15(11-13-25)21(28)24-17-4-2-1-3-5-17/h1-9,15,19H,10-14H2,(H,24,28)/t19-/m1/s1. The second kappa shape index (κ2) is 8.13. The molecule has 2 aliphatic heterocycles. The van der Waals surface area contributed by atoms with E-state index in [-0.39, 0.29) is 30.1 Å². The largest absolute Gasteiger partial charge is 0.326 e. The fraction of sp³-hybridized carbons (Fsp3) is 0.318. The number of likely N-dealkylation sites (tertiary alicyclic amines) is 1. The Hall–Kier alpha value is -3.06. The first-order valence-corrected chi connectivity index (χ1v) is 9.75. The molecule has 2 aromatic carbocycles. The van der Waals surface area contributed by atoms with E-state index in [1.54, 1.807) is 0 Å². The zero-order valence-electron chi connectivity index (χ0n) is 15.9. The highest BCUT2D eigenvalue weighted by Crippen LogP contribution is 2.29. The van der Waals surface area contributed by atoms with E-state index in [0.29, 0.717) is 31.6 Å². The van der Waals surface area contributed by atoms with E-state index >= 15 is 0 Å². The van der Waals surface area contributed by atoms with Crippen LogP contribution in [0.25, 0.3) is 0 Å². The Balaban J connectivity index is 1.36. The number of nitrogens with one attached hydrogen (secondary N) is 1. The van der Waals surface area contributed by atoms with Gasteiger partial charge < -0.3 is 5.32 Å². The van der Waals surface area contributed by atoms with Crippen LogP contribution in [0, 0.1) is 11.7 Å². The number of carbonyl (C=O) groups excluding carboxylic acids is 3. The smallest absolute Gasteiger partial charge is 0.251 e. The zero-order valence-corrected chi connectivity index (χ0v) is 15.9. The summed E-state index contributed by atoms with van der Waals surface area (Å²) in [6, 6.07) is 14.2. The summed E-state index contributed by atoms with van der Waals surface area (Å²) in [6.07, 6.45) is 1.37. The van der Waals surface area contributed by atoms with Crippen LogP contribution in [-0.2, 0) is 14.4 Å². The van der Waals surface area contributed by atoms with Crippen LogP contribution >= 0.6 is 0 Å². The molecule has 0 spiro atoms. The van der Waals surface area contributed by atoms with E-state index in [2.05, 4.69) is 5.32 Å². The van der Waals surface area contributed by atoms with E-state index in [0.717, 1.165) is 10.6 Å². The summed E-state index contributed by atoms with van der Waals surface area (Å²) < 4.78 is 13.1. The van der Waals surface area contributed by atoms with Gasteiger partial charge in [0.05, 0.1) is 18.2 Å². The Morgan fingerprint density at radius 2 is 1.62 bits per heavy atom. The summed E-state index contributed by atoms with van der Waals surface area (Å²) in [5.41, 5.74) is 1.16. The molecule has 2 heterocycles. The monoisotopic (exact) mass is 395 g/mol. The summed E-state index contributed by atoms with van der Waals surface area (Å²) >= 11 is 0. The molecule has 2 fully saturated rings. The number of rotatable bonds is 4. The average Bonchev–Trinajstić information content (AvgIpc) is 3.04. The fourth-order valence-corrected chi connectivity index (χ4v) is 4.00. The number of para-hydroxylation sites is 1. The lowest BCUT2D eigenvalue weighted by atomic mass is 9.94. The molecule has 0 aliphatic carbocycles. The maximum atomic E-state index is 13.1. The van der Waals surface area contributed by atoms with Crippen LogP contribution in [0.3, 0.4) is 0 Å². The molecule has 2 aromatic rings. The average molecular weight is 395 g/mol. The van der Waals surface area contributed by atoms with Gasteiger partial charge in [-0.2, -0.15) is 0 Å². The van der Waals surface area contributed by atoms with Gasteiger partial charge in [0, 0.05) is 11.6 Å². The van der Waals surface area contributed by atoms with E-state index in [1.165, 1.54) is 24.3 Å². The van der Waals surface area contributed by atoms with Crippen molar-refractivity contribution in [1.82, 2.24) is 4.90 Å². The molecule has 6 nitrogen and oxygen atoms in total. The third-order valence-corrected chi connectivity index (χ3v) is 5.59. The number of amides is 3. The van der Waals surface area contributed by atoms with Crippen LogP contribution in [0.4, 0.5) is 15.8 Å². The number of halogens is 1. The van der Waals surface area contributed by atoms with Gasteiger partial charge in [-0.15, -0.1) is 0 Å². The number of nitrogens with zero attached hydrogens (tertiary/aromatic N) is 2. The van der Waals surface area contributed by atoms with Gasteiger partial charge in [-0.1, -0.05) is 18.2 Å². The lowest BCUT2D eigenvalue weighted by molar-refractivity contribution is -0.123. The third kappa shape index (κ3) is 4.05. The van der Waals surface area contributed by atoms with Crippen LogP contribution in [0.5, 0.6) is 0 Å². The van der Waals surface area contributed by atoms with Crippen LogP contribution in [-0.4, -0.2) is 41.8 Å². The number of piperidine rings is 1. The maximum absolute atomic E-state index is 13.1. The molecule has 0 radical (unpaired) electrons. The first-order valence-electron chi connectivity index (χ1n) is 9.75. The molecule has 0 saturated carbocycles. The first-order chi connectivity index (χ1) is 14.0. The highest BCUT2D eigenvalue weighted by atomic mass is 19.1. The molecule has 4 rings (SSSR count). The molecule has 1 N–H and O–H groups in total. The molecule has 0 bridgehead atoms. The van der Waals surface area contributed by atoms with E-state index in [1.807, 2.05) is 35.2 Å². The van der Waals surface area contributed by atoms with E-state index in [4.69, 9.17) is 0 Å². The molecule has 2 saturated heterocycles. The highest BCUT2D eigenvalue weighted by molar-refractivity contribution is 6.22. The van der Waals surface area contributed by atoms with Crippen LogP contribution in [0.2, 0.25) is 0 Å². The van der Waals surface area contributed by atoms with Gasteiger partial charge in [0.2, 0.25) is 11.8 Å². The molecule has 7 heteroatoms. The predicted octanol–water partition coefficient (Wildman–Crippen LogP) is 2.81. The molecule has 3 amide bonds. The second-order valence-corrected chi connectivity index (χ2v) is 7.43. The van der Waals surface area contributed by atoms with Crippen molar-refractivity contribution in [3.8, 4) is 0 Å². The van der Waals surface area contributed by atoms with Gasteiger partial charge in [0.15, 0.2) is 0 Å². The third-order valence-electron chi connectivity index (χ3n) is 5.59. The SMILES string of the molecule is O=C(Nc1ccccc1)C1CCN([C@@H]2CC(=O)N(c3ccc(F)cc3)C2=O)CC1. The number of benzene rings is 2. The van der Waals surface area contributed by atoms with Crippen molar-refractivity contribution in [1.29, 1.82) is 0 Å². The lowest BCUT2D eigenvalue weighted by Crippen LogP contribution is -2.47. The molecule has 1 atom stereocenters. The normalized spacial score (nSPS) is 20.9. The Morgan fingerprint density at radius 3 is 2.28 bits per heavy atom. The molecule has 0 unspecified atom stereocenters. The molecular weight excluding hydrogens is 373 g/mol. The van der Waals surface area contributed by atoms with Crippen LogP contribution < -0.4 is 10.2 Å². The molecule has 150 valence electrons. The minimum absolute atomic E-state index is 0.0161. The summed E-state index contributed by atoms with van der Waals surface area (Å²) in [4.78, 5) is 40.9. The number of imide groups is 1. The fourth-order valence-electron chi connectivity index (χ4n) is 4.00. The highest BCUT2D eigenvalue weighted by Gasteiger charge is 2.43. The van der Waals surface area contributed by atoms with Crippen molar-refractivity contribution in [2.24, 2.45) is 5.92 Å². The molecule has 0 aromatic heterocycles. The van der Waals surface area contributed by atoms with E-state index in [9.17, 15) is 18.8 Å². The predicted molar refractivity (Wildman–Crippen MR) is 107 cm³/mol. The first kappa shape index (κ1) is 19.3. The minimum atomic E-state index is -0.523. The lowest BCUT2D eigenvalue weighted by Gasteiger charge is -2.34. The van der Waals surface area contributed by atoms with E-state index < -0.39 is 11.9 Å². The van der Waals surface area contributed by atoms with Gasteiger partial charge in [-0.3, -0.25) is 19.3 Å². The number of hydrogen-bond donors (Lipinski definition) is 1. The Labute approximate surface area is 168 Å². The molecular formula is C22H22FN3O3. The van der Waals surface area contributed by atoms with Crippen LogP contribution in [0.1, 0.15) is 19.3 Å². The Morgan fingerprint density at radius 1 is 0.966 bits per heavy atom. The zero-order chi connectivity index (χ0) is 20.4. The maximum Gasteiger partial charge on any atom is 0.251 e. The van der Waals surface area contributed by atoms with Gasteiger partial charge >= 0.3 is 0 Å². The van der Waals surface area contributed by atoms with Crippen molar-refractivity contribution < 1.29 is 18.8 Å². The molecule has 2 aliphatic rings. The Kier molecular flexibility index (Phi) is 5.40. The van der Waals surface area contributed by atoms with Gasteiger partial charge in [-0.05, 0) is 62.3 Å². The number of carbonyl (C=O) groups is 3. The van der Waals surface area contributed by atoms with Crippen LogP contribution in [0.15, 0.2) is 54.6 Å². The number of hydrogen-bond acceptors (Lipinski definition) is 4. The summed E-state index contributed by atoms with van der Waals surface area (Å²) in [7, 11) is 0. The van der Waals surface area contributed by atoms with Gasteiger partial charge in [0.1, 0.15) is 5.82 Å². The van der Waals surface area contributed by atoms with Crippen molar-refractivity contribution in [2.45, 2.75) is 25.3 Å². The van der Waals surface area contributed by atoms with Crippen molar-refractivity contribution >= 4 is 29.1 Å².